The van der Waals surface area contributed by atoms with Gasteiger partial charge in [-0.2, -0.15) is 11.8 Å². The van der Waals surface area contributed by atoms with Crippen LogP contribution < -0.4 is 5.32 Å². The first-order valence-electron chi connectivity index (χ1n) is 10.0. The van der Waals surface area contributed by atoms with Crippen LogP contribution in [0.5, 0.6) is 0 Å². The number of rotatable bonds is 12. The fourth-order valence-electron chi connectivity index (χ4n) is 2.96. The Morgan fingerprint density at radius 3 is 2.54 bits per heavy atom. The van der Waals surface area contributed by atoms with E-state index in [0.717, 1.165) is 12.2 Å². The summed E-state index contributed by atoms with van der Waals surface area (Å²) in [5.74, 6) is 0.588. The van der Waals surface area contributed by atoms with Crippen LogP contribution in [0.2, 0.25) is 0 Å². The number of hydrogen-bond donors (Lipinski definition) is 1. The molecule has 3 atom stereocenters. The van der Waals surface area contributed by atoms with Gasteiger partial charge in [0.25, 0.3) is 0 Å². The molecule has 1 aliphatic rings. The molecular weight excluding hydrogens is 374 g/mol. The number of ketones is 1. The van der Waals surface area contributed by atoms with Crippen LogP contribution in [0.15, 0.2) is 30.3 Å². The number of thioether (sulfide) groups is 1. The molecule has 2 rings (SSSR count). The van der Waals surface area contributed by atoms with Gasteiger partial charge in [-0.25, -0.2) is 0 Å². The minimum absolute atomic E-state index is 0.0657. The summed E-state index contributed by atoms with van der Waals surface area (Å²) in [5, 5.41) is 2.90. The number of esters is 1. The van der Waals surface area contributed by atoms with Crippen molar-refractivity contribution in [2.24, 2.45) is 17.8 Å². The van der Waals surface area contributed by atoms with E-state index in [0.29, 0.717) is 31.1 Å². The molecule has 1 N–H and O–H groups in total. The van der Waals surface area contributed by atoms with E-state index >= 15 is 0 Å². The first-order valence-corrected chi connectivity index (χ1v) is 11.2. The number of amides is 1. The van der Waals surface area contributed by atoms with Crippen molar-refractivity contribution >= 4 is 29.4 Å². The highest BCUT2D eigenvalue weighted by molar-refractivity contribution is 7.98. The van der Waals surface area contributed by atoms with Crippen LogP contribution in [0.3, 0.4) is 0 Å². The fraction of sp³-hybridized carbons (Fsp3) is 0.591. The standard InChI is InChI=1S/C22H31NO4S/c1-4-27-22(26)18-12-17(18)21(25)23-19(20(24)11-10-15(2)3)14-28-13-16-8-6-5-7-9-16/h5-9,15,17-19H,4,10-14H2,1-3H3,(H,23,25)/t17-,18-,19-/m0/s1. The number of benzene rings is 1. The number of carbonyl (C=O) groups excluding carboxylic acids is 3. The topological polar surface area (TPSA) is 72.5 Å². The van der Waals surface area contributed by atoms with E-state index in [2.05, 4.69) is 31.3 Å². The minimum atomic E-state index is -0.511. The zero-order valence-corrected chi connectivity index (χ0v) is 17.8. The van der Waals surface area contributed by atoms with Gasteiger partial charge >= 0.3 is 5.97 Å². The fourth-order valence-corrected chi connectivity index (χ4v) is 4.01. The van der Waals surface area contributed by atoms with E-state index in [9.17, 15) is 14.4 Å². The van der Waals surface area contributed by atoms with Gasteiger partial charge in [0.2, 0.25) is 5.91 Å². The van der Waals surface area contributed by atoms with E-state index in [1.54, 1.807) is 18.7 Å². The molecule has 154 valence electrons. The van der Waals surface area contributed by atoms with Gasteiger partial charge in [-0.15, -0.1) is 0 Å². The van der Waals surface area contributed by atoms with Crippen LogP contribution in [0.1, 0.15) is 45.6 Å². The highest BCUT2D eigenvalue weighted by atomic mass is 32.2. The number of hydrogen-bond acceptors (Lipinski definition) is 5. The Kier molecular flexibility index (Phi) is 9.03. The largest absolute Gasteiger partial charge is 0.466 e. The summed E-state index contributed by atoms with van der Waals surface area (Å²) in [4.78, 5) is 37.0. The third-order valence-electron chi connectivity index (χ3n) is 4.79. The van der Waals surface area contributed by atoms with Crippen molar-refractivity contribution in [3.8, 4) is 0 Å². The number of ether oxygens (including phenoxy) is 1. The highest BCUT2D eigenvalue weighted by Gasteiger charge is 2.49. The van der Waals surface area contributed by atoms with Crippen LogP contribution in [0.25, 0.3) is 0 Å². The zero-order chi connectivity index (χ0) is 20.5. The van der Waals surface area contributed by atoms with E-state index in [1.807, 2.05) is 18.2 Å². The molecule has 1 fully saturated rings. The summed E-state index contributed by atoms with van der Waals surface area (Å²) < 4.78 is 4.99. The van der Waals surface area contributed by atoms with E-state index < -0.39 is 6.04 Å². The lowest BCUT2D eigenvalue weighted by Crippen LogP contribution is -2.44. The SMILES string of the molecule is CCOC(=O)[C@H]1C[C@@H]1C(=O)N[C@@H](CSCc1ccccc1)C(=O)CCC(C)C. The lowest BCUT2D eigenvalue weighted by Gasteiger charge is -2.18. The predicted octanol–water partition coefficient (Wildman–Crippen LogP) is 3.61. The summed E-state index contributed by atoms with van der Waals surface area (Å²) in [6.45, 7) is 6.23. The van der Waals surface area contributed by atoms with Crippen molar-refractivity contribution in [2.45, 2.75) is 51.8 Å². The van der Waals surface area contributed by atoms with E-state index in [-0.39, 0.29) is 29.5 Å². The summed E-state index contributed by atoms with van der Waals surface area (Å²) in [6.07, 6.45) is 1.78. The Morgan fingerprint density at radius 2 is 1.89 bits per heavy atom. The molecular formula is C22H31NO4S. The summed E-state index contributed by atoms with van der Waals surface area (Å²) >= 11 is 1.64. The molecule has 28 heavy (non-hydrogen) atoms. The molecule has 0 heterocycles. The smallest absolute Gasteiger partial charge is 0.309 e. The zero-order valence-electron chi connectivity index (χ0n) is 17.0. The molecule has 1 saturated carbocycles. The average Bonchev–Trinajstić information content (AvgIpc) is 3.47. The molecule has 1 aliphatic carbocycles. The monoisotopic (exact) mass is 405 g/mol. The van der Waals surface area contributed by atoms with Crippen LogP contribution >= 0.6 is 11.8 Å². The third-order valence-corrected chi connectivity index (χ3v) is 5.89. The lowest BCUT2D eigenvalue weighted by molar-refractivity contribution is -0.146. The normalized spacial score (nSPS) is 19.1. The Bertz CT molecular complexity index is 662. The molecule has 0 bridgehead atoms. The Labute approximate surface area is 172 Å². The second kappa shape index (κ2) is 11.2. The van der Waals surface area contributed by atoms with Crippen LogP contribution in [-0.2, 0) is 24.9 Å². The van der Waals surface area contributed by atoms with Gasteiger partial charge in [0.1, 0.15) is 0 Å². The molecule has 1 aromatic rings. The molecule has 6 heteroatoms. The molecule has 0 radical (unpaired) electrons. The summed E-state index contributed by atoms with van der Waals surface area (Å²) in [6, 6.07) is 9.55. The van der Waals surface area contributed by atoms with Crippen molar-refractivity contribution < 1.29 is 19.1 Å². The van der Waals surface area contributed by atoms with E-state index in [1.165, 1.54) is 5.56 Å². The first kappa shape index (κ1) is 22.5. The molecule has 5 nitrogen and oxygen atoms in total. The van der Waals surface area contributed by atoms with Crippen molar-refractivity contribution in [1.82, 2.24) is 5.32 Å². The minimum Gasteiger partial charge on any atom is -0.466 e. The van der Waals surface area contributed by atoms with Crippen LogP contribution in [0.4, 0.5) is 0 Å². The lowest BCUT2D eigenvalue weighted by atomic mass is 10.0. The molecule has 0 spiro atoms. The van der Waals surface area contributed by atoms with Crippen LogP contribution in [0, 0.1) is 17.8 Å². The molecule has 0 unspecified atom stereocenters. The van der Waals surface area contributed by atoms with Gasteiger partial charge in [-0.1, -0.05) is 44.2 Å². The van der Waals surface area contributed by atoms with Gasteiger partial charge in [0.05, 0.1) is 24.5 Å². The molecule has 1 amide bonds. The number of carbonyl (C=O) groups is 3. The average molecular weight is 406 g/mol. The van der Waals surface area contributed by atoms with Gasteiger partial charge in [-0.3, -0.25) is 14.4 Å². The molecule has 0 aromatic heterocycles. The number of Topliss-reactive ketones (excluding diaryl/α,β-unsaturated/α-hetero) is 1. The quantitative estimate of drug-likeness (QED) is 0.538. The maximum Gasteiger partial charge on any atom is 0.309 e. The number of nitrogens with one attached hydrogen (secondary N) is 1. The van der Waals surface area contributed by atoms with Gasteiger partial charge in [0.15, 0.2) is 5.78 Å². The van der Waals surface area contributed by atoms with Crippen molar-refractivity contribution in [2.75, 3.05) is 12.4 Å². The molecule has 0 aliphatic heterocycles. The first-order chi connectivity index (χ1) is 13.4. The maximum absolute atomic E-state index is 12.7. The highest BCUT2D eigenvalue weighted by Crippen LogP contribution is 2.39. The second-order valence-electron chi connectivity index (χ2n) is 7.66. The second-order valence-corrected chi connectivity index (χ2v) is 8.69. The third kappa shape index (κ3) is 7.30. The maximum atomic E-state index is 12.7. The Morgan fingerprint density at radius 1 is 1.18 bits per heavy atom. The van der Waals surface area contributed by atoms with Gasteiger partial charge < -0.3 is 10.1 Å². The van der Waals surface area contributed by atoms with Crippen molar-refractivity contribution in [3.63, 3.8) is 0 Å². The van der Waals surface area contributed by atoms with Crippen molar-refractivity contribution in [3.05, 3.63) is 35.9 Å². The van der Waals surface area contributed by atoms with Crippen molar-refractivity contribution in [1.29, 1.82) is 0 Å². The van der Waals surface area contributed by atoms with Gasteiger partial charge in [-0.05, 0) is 31.2 Å². The Hall–Kier alpha value is -1.82. The summed E-state index contributed by atoms with van der Waals surface area (Å²) in [7, 11) is 0. The molecule has 1 aromatic carbocycles. The molecule has 0 saturated heterocycles. The Balaban J connectivity index is 1.89. The van der Waals surface area contributed by atoms with Crippen LogP contribution in [-0.4, -0.2) is 36.1 Å². The van der Waals surface area contributed by atoms with Gasteiger partial charge in [0, 0.05) is 17.9 Å². The predicted molar refractivity (Wildman–Crippen MR) is 112 cm³/mol. The summed E-state index contributed by atoms with van der Waals surface area (Å²) in [5.41, 5.74) is 1.19. The van der Waals surface area contributed by atoms with E-state index in [4.69, 9.17) is 4.74 Å².